The molecule has 1 atom stereocenters. The Morgan fingerprint density at radius 2 is 2.24 bits per heavy atom. The fourth-order valence-corrected chi connectivity index (χ4v) is 3.77. The van der Waals surface area contributed by atoms with Crippen LogP contribution in [0.4, 0.5) is 0 Å². The summed E-state index contributed by atoms with van der Waals surface area (Å²) in [5.41, 5.74) is 0.859. The number of hydrogen-bond donors (Lipinski definition) is 1. The van der Waals surface area contributed by atoms with Crippen molar-refractivity contribution in [3.05, 3.63) is 10.6 Å². The maximum absolute atomic E-state index is 12.9. The van der Waals surface area contributed by atoms with Crippen LogP contribution < -0.4 is 5.32 Å². The normalized spacial score (nSPS) is 22.5. The molecule has 2 fully saturated rings. The fraction of sp³-hybridized carbons (Fsp3) is 0.800. The second kappa shape index (κ2) is 6.40. The molecule has 6 heteroatoms. The largest absolute Gasteiger partial charge is 0.335 e. The Morgan fingerprint density at radius 3 is 2.86 bits per heavy atom. The van der Waals surface area contributed by atoms with Crippen molar-refractivity contribution in [2.24, 2.45) is 5.92 Å². The number of carbonyl (C=O) groups excluding carboxylic acids is 1. The van der Waals surface area contributed by atoms with E-state index < -0.39 is 0 Å². The predicted molar refractivity (Wildman–Crippen MR) is 83.7 cm³/mol. The zero-order chi connectivity index (χ0) is 14.8. The van der Waals surface area contributed by atoms with Crippen LogP contribution in [-0.4, -0.2) is 46.1 Å². The first-order valence-corrected chi connectivity index (χ1v) is 8.78. The van der Waals surface area contributed by atoms with Crippen molar-refractivity contribution in [1.82, 2.24) is 19.8 Å². The molecule has 1 aromatic rings. The van der Waals surface area contributed by atoms with Crippen LogP contribution in [0, 0.1) is 5.92 Å². The van der Waals surface area contributed by atoms with Crippen LogP contribution in [0.1, 0.15) is 60.8 Å². The van der Waals surface area contributed by atoms with E-state index >= 15 is 0 Å². The summed E-state index contributed by atoms with van der Waals surface area (Å²) in [4.78, 5) is 15.8. The van der Waals surface area contributed by atoms with Crippen molar-refractivity contribution in [3.63, 3.8) is 0 Å². The van der Waals surface area contributed by atoms with E-state index in [9.17, 15) is 4.79 Å². The van der Waals surface area contributed by atoms with Crippen LogP contribution >= 0.6 is 11.5 Å². The molecule has 1 aliphatic carbocycles. The summed E-state index contributed by atoms with van der Waals surface area (Å²) in [5, 5.41) is 7.60. The Bertz CT molecular complexity index is 492. The van der Waals surface area contributed by atoms with Crippen molar-refractivity contribution < 1.29 is 4.79 Å². The summed E-state index contributed by atoms with van der Waals surface area (Å²) in [5.74, 6) is 0.994. The van der Waals surface area contributed by atoms with E-state index in [2.05, 4.69) is 33.7 Å². The van der Waals surface area contributed by atoms with Gasteiger partial charge in [0, 0.05) is 12.6 Å². The number of piperidine rings is 1. The molecular formula is C15H24N4OS. The van der Waals surface area contributed by atoms with Crippen molar-refractivity contribution in [1.29, 1.82) is 0 Å². The van der Waals surface area contributed by atoms with Gasteiger partial charge in [0.25, 0.3) is 5.91 Å². The van der Waals surface area contributed by atoms with E-state index in [1.807, 2.05) is 0 Å². The van der Waals surface area contributed by atoms with Gasteiger partial charge in [0.15, 0.2) is 0 Å². The molecule has 1 N–H and O–H groups in total. The molecule has 0 spiro atoms. The molecule has 1 saturated heterocycles. The monoisotopic (exact) mass is 308 g/mol. The molecule has 1 saturated carbocycles. The summed E-state index contributed by atoms with van der Waals surface area (Å²) in [7, 11) is 0. The molecule has 1 aliphatic heterocycles. The maximum Gasteiger partial charge on any atom is 0.267 e. The van der Waals surface area contributed by atoms with Crippen LogP contribution in [0.25, 0.3) is 0 Å². The summed E-state index contributed by atoms with van der Waals surface area (Å²) < 4.78 is 4.01. The molecule has 1 unspecified atom stereocenters. The minimum atomic E-state index is 0.154. The lowest BCUT2D eigenvalue weighted by atomic mass is 9.98. The molecule has 1 aromatic heterocycles. The van der Waals surface area contributed by atoms with Gasteiger partial charge in [-0.25, -0.2) is 0 Å². The first-order chi connectivity index (χ1) is 10.2. The third kappa shape index (κ3) is 3.43. The summed E-state index contributed by atoms with van der Waals surface area (Å²) >= 11 is 1.25. The highest BCUT2D eigenvalue weighted by Gasteiger charge is 2.36. The van der Waals surface area contributed by atoms with Crippen molar-refractivity contribution in [2.75, 3.05) is 19.6 Å². The number of hydrogen-bond acceptors (Lipinski definition) is 5. The summed E-state index contributed by atoms with van der Waals surface area (Å²) in [6.45, 7) is 7.17. The first kappa shape index (κ1) is 14.9. The van der Waals surface area contributed by atoms with Crippen LogP contribution in [0.5, 0.6) is 0 Å². The molecule has 0 aromatic carbocycles. The molecule has 5 nitrogen and oxygen atoms in total. The molecule has 1 amide bonds. The van der Waals surface area contributed by atoms with Crippen LogP contribution in [0.15, 0.2) is 0 Å². The third-order valence-electron chi connectivity index (χ3n) is 4.36. The smallest absolute Gasteiger partial charge is 0.267 e. The zero-order valence-corrected chi connectivity index (χ0v) is 13.7. The van der Waals surface area contributed by atoms with Crippen LogP contribution in [0.3, 0.4) is 0 Å². The van der Waals surface area contributed by atoms with Gasteiger partial charge < -0.3 is 10.2 Å². The van der Waals surface area contributed by atoms with Gasteiger partial charge in [0.1, 0.15) is 4.88 Å². The molecule has 3 rings (SSSR count). The van der Waals surface area contributed by atoms with Crippen LogP contribution in [0.2, 0.25) is 0 Å². The van der Waals surface area contributed by atoms with Crippen molar-refractivity contribution in [3.8, 4) is 0 Å². The lowest BCUT2D eigenvalue weighted by molar-refractivity contribution is 0.0707. The Balaban J connectivity index is 1.73. The highest BCUT2D eigenvalue weighted by molar-refractivity contribution is 7.08. The van der Waals surface area contributed by atoms with Gasteiger partial charge in [-0.3, -0.25) is 4.79 Å². The van der Waals surface area contributed by atoms with E-state index in [0.29, 0.717) is 12.0 Å². The van der Waals surface area contributed by atoms with Gasteiger partial charge in [0.2, 0.25) is 0 Å². The highest BCUT2D eigenvalue weighted by Crippen LogP contribution is 2.32. The number of rotatable bonds is 5. The highest BCUT2D eigenvalue weighted by atomic mass is 32.1. The second-order valence-electron chi connectivity index (χ2n) is 6.54. The molecular weight excluding hydrogens is 284 g/mol. The summed E-state index contributed by atoms with van der Waals surface area (Å²) in [6, 6.07) is 0.446. The van der Waals surface area contributed by atoms with E-state index in [-0.39, 0.29) is 11.8 Å². The van der Waals surface area contributed by atoms with E-state index in [1.165, 1.54) is 24.4 Å². The van der Waals surface area contributed by atoms with Gasteiger partial charge in [-0.2, -0.15) is 0 Å². The zero-order valence-electron chi connectivity index (χ0n) is 12.8. The minimum absolute atomic E-state index is 0.154. The number of nitrogens with zero attached hydrogens (tertiary/aromatic N) is 3. The minimum Gasteiger partial charge on any atom is -0.335 e. The average molecular weight is 308 g/mol. The topological polar surface area (TPSA) is 58.1 Å². The second-order valence-corrected chi connectivity index (χ2v) is 7.30. The molecule has 2 aliphatic rings. The Kier molecular flexibility index (Phi) is 4.54. The summed E-state index contributed by atoms with van der Waals surface area (Å²) in [6.07, 6.45) is 4.74. The molecule has 21 heavy (non-hydrogen) atoms. The molecule has 116 valence electrons. The average Bonchev–Trinajstić information content (AvgIpc) is 3.20. The fourth-order valence-electron chi connectivity index (χ4n) is 3.00. The maximum atomic E-state index is 12.9. The lowest BCUT2D eigenvalue weighted by Crippen LogP contribution is -2.42. The first-order valence-electron chi connectivity index (χ1n) is 8.00. The predicted octanol–water partition coefficient (Wildman–Crippen LogP) is 2.27. The number of carbonyl (C=O) groups is 1. The SMILES string of the molecule is CC(C)c1nnsc1C(=O)N(CC1CCCNC1)C1CC1. The third-order valence-corrected chi connectivity index (χ3v) is 5.09. The standard InChI is InChI=1S/C15H24N4OS/c1-10(2)13-14(21-18-17-13)15(20)19(12-5-6-12)9-11-4-3-7-16-8-11/h10-12,16H,3-9H2,1-2H3. The van der Waals surface area contributed by atoms with Gasteiger partial charge in [-0.1, -0.05) is 18.3 Å². The van der Waals surface area contributed by atoms with Gasteiger partial charge in [-0.15, -0.1) is 5.10 Å². The van der Waals surface area contributed by atoms with E-state index in [0.717, 1.165) is 43.0 Å². The van der Waals surface area contributed by atoms with Crippen LogP contribution in [-0.2, 0) is 0 Å². The number of nitrogens with one attached hydrogen (secondary N) is 1. The number of aromatic nitrogens is 2. The number of amides is 1. The molecule has 0 radical (unpaired) electrons. The van der Waals surface area contributed by atoms with E-state index in [4.69, 9.17) is 0 Å². The Hall–Kier alpha value is -1.01. The Morgan fingerprint density at radius 1 is 1.43 bits per heavy atom. The lowest BCUT2D eigenvalue weighted by Gasteiger charge is -2.30. The van der Waals surface area contributed by atoms with Crippen molar-refractivity contribution in [2.45, 2.75) is 51.5 Å². The van der Waals surface area contributed by atoms with Gasteiger partial charge in [-0.05, 0) is 62.1 Å². The Labute approximate surface area is 130 Å². The van der Waals surface area contributed by atoms with Crippen molar-refractivity contribution >= 4 is 17.4 Å². The van der Waals surface area contributed by atoms with Gasteiger partial charge in [0.05, 0.1) is 5.69 Å². The molecule has 2 heterocycles. The van der Waals surface area contributed by atoms with E-state index in [1.54, 1.807) is 0 Å². The quantitative estimate of drug-likeness (QED) is 0.906. The molecule has 0 bridgehead atoms. The van der Waals surface area contributed by atoms with Gasteiger partial charge >= 0.3 is 0 Å².